The van der Waals surface area contributed by atoms with Crippen LogP contribution < -0.4 is 4.68 Å². The van der Waals surface area contributed by atoms with Gasteiger partial charge in [-0.2, -0.15) is 18.3 Å². The van der Waals surface area contributed by atoms with E-state index in [4.69, 9.17) is 4.52 Å². The summed E-state index contributed by atoms with van der Waals surface area (Å²) in [6.07, 6.45) is -4.01. The van der Waals surface area contributed by atoms with Crippen molar-refractivity contribution in [1.82, 2.24) is 10.3 Å². The predicted octanol–water partition coefficient (Wildman–Crippen LogP) is 2.63. The van der Waals surface area contributed by atoms with Crippen molar-refractivity contribution in [1.29, 1.82) is 0 Å². The van der Waals surface area contributed by atoms with E-state index in [0.717, 1.165) is 4.68 Å². The number of aromatic amines is 1. The van der Waals surface area contributed by atoms with E-state index >= 15 is 0 Å². The first-order chi connectivity index (χ1) is 9.36. The van der Waals surface area contributed by atoms with Gasteiger partial charge < -0.3 is 4.52 Å². The zero-order valence-corrected chi connectivity index (χ0v) is 10.8. The number of H-pyrrole nitrogens is 1. The van der Waals surface area contributed by atoms with Crippen LogP contribution in [0.25, 0.3) is 0 Å². The lowest BCUT2D eigenvalue weighted by Gasteiger charge is -1.99. The maximum atomic E-state index is 12.7. The first-order valence-electron chi connectivity index (χ1n) is 5.84. The number of nitrogens with one attached hydrogen (secondary N) is 1. The molecule has 2 rings (SSSR count). The average Bonchev–Trinajstić information content (AvgIpc) is 2.95. The van der Waals surface area contributed by atoms with Crippen LogP contribution in [0.5, 0.6) is 0 Å². The van der Waals surface area contributed by atoms with Crippen molar-refractivity contribution >= 4 is 5.69 Å². The van der Waals surface area contributed by atoms with E-state index in [1.807, 2.05) is 6.92 Å². The summed E-state index contributed by atoms with van der Waals surface area (Å²) in [6.45, 7) is 3.27. The highest BCUT2D eigenvalue weighted by Gasteiger charge is 2.42. The van der Waals surface area contributed by atoms with Crippen LogP contribution in [0.2, 0.25) is 0 Å². The van der Waals surface area contributed by atoms with Crippen LogP contribution in [-0.4, -0.2) is 10.3 Å². The molecule has 0 aliphatic carbocycles. The zero-order chi connectivity index (χ0) is 14.9. The van der Waals surface area contributed by atoms with Gasteiger partial charge >= 0.3 is 6.18 Å². The van der Waals surface area contributed by atoms with Crippen LogP contribution in [0.3, 0.4) is 0 Å². The van der Waals surface area contributed by atoms with Gasteiger partial charge in [-0.05, 0) is 11.6 Å². The molecule has 0 saturated carbocycles. The zero-order valence-electron chi connectivity index (χ0n) is 10.8. The third kappa shape index (κ3) is 2.56. The molecule has 2 aromatic heterocycles. The normalized spacial score (nSPS) is 11.8. The van der Waals surface area contributed by atoms with Gasteiger partial charge in [-0.15, -0.1) is 9.59 Å². The van der Waals surface area contributed by atoms with Crippen molar-refractivity contribution in [2.45, 2.75) is 33.0 Å². The van der Waals surface area contributed by atoms with Crippen molar-refractivity contribution in [3.63, 3.8) is 0 Å². The number of hydrogen-bond acceptors (Lipinski definition) is 4. The molecule has 1 N–H and O–H groups in total. The summed E-state index contributed by atoms with van der Waals surface area (Å²) in [7, 11) is 0. The van der Waals surface area contributed by atoms with Gasteiger partial charge in [0.15, 0.2) is 0 Å². The summed E-state index contributed by atoms with van der Waals surface area (Å²) in [5, 5.41) is 8.33. The molecule has 20 heavy (non-hydrogen) atoms. The summed E-state index contributed by atoms with van der Waals surface area (Å²) < 4.78 is 44.4. The molecule has 0 fully saturated rings. The van der Waals surface area contributed by atoms with Gasteiger partial charge in [-0.1, -0.05) is 12.1 Å². The molecule has 0 aromatic carbocycles. The van der Waals surface area contributed by atoms with Crippen LogP contribution >= 0.6 is 0 Å². The molecule has 0 unspecified atom stereocenters. The number of nitrogens with zero attached hydrogens (tertiary/aromatic N) is 3. The average molecular weight is 289 g/mol. The molecule has 0 aliphatic rings. The largest absolute Gasteiger partial charge is 0.439 e. The van der Waals surface area contributed by atoms with E-state index in [0.29, 0.717) is 17.9 Å². The monoisotopic (exact) mass is 289 g/mol. The van der Waals surface area contributed by atoms with E-state index in [2.05, 4.69) is 15.4 Å². The number of nitroso groups, excluding NO2 is 1. The Balaban J connectivity index is 2.37. The summed E-state index contributed by atoms with van der Waals surface area (Å²) in [6, 6.07) is 1.65. The minimum absolute atomic E-state index is 0.0113. The second-order valence-corrected chi connectivity index (χ2v) is 4.23. The van der Waals surface area contributed by atoms with Crippen molar-refractivity contribution in [2.75, 3.05) is 0 Å². The lowest BCUT2D eigenvalue weighted by molar-refractivity contribution is -0.749. The number of halogens is 3. The number of rotatable bonds is 4. The first-order valence-corrected chi connectivity index (χ1v) is 5.84. The number of alkyl halides is 3. The van der Waals surface area contributed by atoms with Crippen molar-refractivity contribution in [2.24, 2.45) is 5.18 Å². The molecule has 2 aromatic rings. The summed E-state index contributed by atoms with van der Waals surface area (Å²) in [5.41, 5.74) is -1.02. The summed E-state index contributed by atoms with van der Waals surface area (Å²) in [5.74, 6) is 0.391. The predicted molar refractivity (Wildman–Crippen MR) is 61.2 cm³/mol. The molecule has 0 bridgehead atoms. The maximum Gasteiger partial charge on any atom is 0.439 e. The SMILES string of the molecule is CCc1cc(C[n+]2[nH]c(C(F)(F)F)c(N=O)c2C)on1. The molecule has 0 spiro atoms. The highest BCUT2D eigenvalue weighted by atomic mass is 19.4. The Hall–Kier alpha value is -2.19. The molecule has 0 saturated heterocycles. The lowest BCUT2D eigenvalue weighted by atomic mass is 10.3. The van der Waals surface area contributed by atoms with Gasteiger partial charge in [0.05, 0.1) is 5.69 Å². The Labute approximate surface area is 111 Å². The Morgan fingerprint density at radius 1 is 1.50 bits per heavy atom. The molecule has 108 valence electrons. The quantitative estimate of drug-likeness (QED) is 0.694. The van der Waals surface area contributed by atoms with Crippen molar-refractivity contribution in [3.05, 3.63) is 33.8 Å². The van der Waals surface area contributed by atoms with Gasteiger partial charge in [0.25, 0.3) is 0 Å². The molecular weight excluding hydrogens is 277 g/mol. The molecule has 6 nitrogen and oxygen atoms in total. The van der Waals surface area contributed by atoms with Gasteiger partial charge in [-0.3, -0.25) is 0 Å². The maximum absolute atomic E-state index is 12.7. The van der Waals surface area contributed by atoms with Crippen LogP contribution in [0, 0.1) is 11.8 Å². The van der Waals surface area contributed by atoms with Crippen LogP contribution in [0.4, 0.5) is 18.9 Å². The number of aryl methyl sites for hydroxylation is 1. The van der Waals surface area contributed by atoms with E-state index in [-0.39, 0.29) is 12.2 Å². The molecule has 9 heteroatoms. The third-order valence-corrected chi connectivity index (χ3v) is 2.89. The van der Waals surface area contributed by atoms with E-state index in [1.54, 1.807) is 6.07 Å². The number of aromatic nitrogens is 3. The van der Waals surface area contributed by atoms with Crippen molar-refractivity contribution < 1.29 is 22.4 Å². The van der Waals surface area contributed by atoms with Crippen molar-refractivity contribution in [3.8, 4) is 0 Å². The van der Waals surface area contributed by atoms with Crippen LogP contribution in [0.1, 0.15) is 29.8 Å². The van der Waals surface area contributed by atoms with Gasteiger partial charge in [0.2, 0.25) is 29.4 Å². The Kier molecular flexibility index (Phi) is 3.60. The Bertz CT molecular complexity index is 630. The lowest BCUT2D eigenvalue weighted by Crippen LogP contribution is -2.39. The number of hydrogen-bond donors (Lipinski definition) is 1. The minimum Gasteiger partial charge on any atom is -0.354 e. The fraction of sp³-hybridized carbons (Fsp3) is 0.455. The fourth-order valence-corrected chi connectivity index (χ4v) is 1.80. The molecule has 0 aliphatic heterocycles. The molecular formula is C11H12F3N4O2+. The van der Waals surface area contributed by atoms with E-state index in [9.17, 15) is 18.1 Å². The van der Waals surface area contributed by atoms with Gasteiger partial charge in [0.1, 0.15) is 0 Å². The second-order valence-electron chi connectivity index (χ2n) is 4.23. The second kappa shape index (κ2) is 5.06. The topological polar surface area (TPSA) is 75.1 Å². The van der Waals surface area contributed by atoms with Gasteiger partial charge in [0, 0.05) is 13.0 Å². The Morgan fingerprint density at radius 2 is 2.20 bits per heavy atom. The van der Waals surface area contributed by atoms with Gasteiger partial charge in [-0.25, -0.2) is 0 Å². The van der Waals surface area contributed by atoms with Crippen LogP contribution in [-0.2, 0) is 19.1 Å². The molecule has 0 amide bonds. The van der Waals surface area contributed by atoms with Crippen LogP contribution in [0.15, 0.2) is 15.8 Å². The molecule has 0 atom stereocenters. The molecule has 0 radical (unpaired) electrons. The standard InChI is InChI=1S/C11H11F3N4O2/c1-3-7-4-8(20-17-7)5-18-6(2)9(16-19)10(15-18)11(12,13)14/h4H,3,5H2,1-2H3/p+1. The Morgan fingerprint density at radius 3 is 2.65 bits per heavy atom. The molecule has 2 heterocycles. The first kappa shape index (κ1) is 14.2. The highest BCUT2D eigenvalue weighted by molar-refractivity contribution is 5.45. The summed E-state index contributed by atoms with van der Waals surface area (Å²) >= 11 is 0. The minimum atomic E-state index is -4.67. The summed E-state index contributed by atoms with van der Waals surface area (Å²) in [4.78, 5) is 10.6. The third-order valence-electron chi connectivity index (χ3n) is 2.89. The fourth-order valence-electron chi connectivity index (χ4n) is 1.80. The van der Waals surface area contributed by atoms with E-state index < -0.39 is 17.6 Å². The van der Waals surface area contributed by atoms with E-state index in [1.165, 1.54) is 6.92 Å². The smallest absolute Gasteiger partial charge is 0.354 e. The highest BCUT2D eigenvalue weighted by Crippen LogP contribution is 2.35.